The van der Waals surface area contributed by atoms with Crippen LogP contribution in [-0.2, 0) is 10.0 Å². The van der Waals surface area contributed by atoms with Crippen molar-refractivity contribution in [2.45, 2.75) is 11.1 Å². The first-order valence-electron chi connectivity index (χ1n) is 8.45. The van der Waals surface area contributed by atoms with Gasteiger partial charge in [0.1, 0.15) is 9.96 Å². The van der Waals surface area contributed by atoms with E-state index in [-0.39, 0.29) is 4.21 Å². The van der Waals surface area contributed by atoms with Crippen LogP contribution in [0.4, 0.5) is 17.1 Å². The number of thiocarbonyl (C=S) groups is 1. The Bertz CT molecular complexity index is 1050. The molecule has 0 spiro atoms. The Morgan fingerprint density at radius 3 is 2.29 bits per heavy atom. The number of thiophene rings is 1. The van der Waals surface area contributed by atoms with Gasteiger partial charge in [0.2, 0.25) is 0 Å². The average Bonchev–Trinajstić information content (AvgIpc) is 3.21. The van der Waals surface area contributed by atoms with E-state index < -0.39 is 10.0 Å². The molecule has 0 aliphatic heterocycles. The van der Waals surface area contributed by atoms with Gasteiger partial charge in [-0.25, -0.2) is 8.42 Å². The van der Waals surface area contributed by atoms with Crippen molar-refractivity contribution >= 4 is 55.8 Å². The quantitative estimate of drug-likeness (QED) is 0.467. The van der Waals surface area contributed by atoms with Crippen LogP contribution >= 0.6 is 23.6 Å². The minimum Gasteiger partial charge on any atom is -0.492 e. The zero-order valence-corrected chi connectivity index (χ0v) is 17.5. The third-order valence-corrected chi connectivity index (χ3v) is 6.58. The van der Waals surface area contributed by atoms with Crippen molar-refractivity contribution in [1.82, 2.24) is 0 Å². The van der Waals surface area contributed by atoms with Crippen molar-refractivity contribution in [3.8, 4) is 5.75 Å². The summed E-state index contributed by atoms with van der Waals surface area (Å²) in [4.78, 5) is 0. The van der Waals surface area contributed by atoms with Crippen LogP contribution in [-0.4, -0.2) is 20.1 Å². The topological polar surface area (TPSA) is 79.5 Å². The van der Waals surface area contributed by atoms with Crippen molar-refractivity contribution in [1.29, 1.82) is 0 Å². The molecule has 9 heteroatoms. The first kappa shape index (κ1) is 20.1. The molecule has 3 aromatic rings. The molecule has 0 aliphatic carbocycles. The Morgan fingerprint density at radius 2 is 1.61 bits per heavy atom. The molecule has 146 valence electrons. The number of hydrogen-bond donors (Lipinski definition) is 3. The number of rotatable bonds is 7. The molecule has 28 heavy (non-hydrogen) atoms. The second kappa shape index (κ2) is 9.05. The van der Waals surface area contributed by atoms with Crippen LogP contribution in [0.15, 0.2) is 70.3 Å². The molecule has 0 saturated carbocycles. The third kappa shape index (κ3) is 5.00. The van der Waals surface area contributed by atoms with E-state index in [2.05, 4.69) is 15.4 Å². The molecule has 0 fully saturated rings. The minimum absolute atomic E-state index is 0.244. The smallest absolute Gasteiger partial charge is 0.271 e. The van der Waals surface area contributed by atoms with Crippen molar-refractivity contribution in [2.24, 2.45) is 0 Å². The number of anilines is 3. The summed E-state index contributed by atoms with van der Waals surface area (Å²) in [6, 6.07) is 17.7. The van der Waals surface area contributed by atoms with Crippen LogP contribution in [0, 0.1) is 0 Å². The molecular formula is C19H19N3O3S3. The number of ether oxygens (including phenoxy) is 1. The van der Waals surface area contributed by atoms with Gasteiger partial charge in [-0.3, -0.25) is 4.72 Å². The van der Waals surface area contributed by atoms with Crippen molar-refractivity contribution < 1.29 is 13.2 Å². The summed E-state index contributed by atoms with van der Waals surface area (Å²) in [6.07, 6.45) is 0. The number of benzene rings is 2. The minimum atomic E-state index is -3.66. The van der Waals surface area contributed by atoms with Gasteiger partial charge < -0.3 is 15.4 Å². The summed E-state index contributed by atoms with van der Waals surface area (Å²) in [5.74, 6) is 0.681. The fourth-order valence-corrected chi connectivity index (χ4v) is 4.71. The van der Waals surface area contributed by atoms with Gasteiger partial charge in [0.05, 0.1) is 23.7 Å². The predicted molar refractivity (Wildman–Crippen MR) is 119 cm³/mol. The molecule has 0 bridgehead atoms. The molecule has 0 unspecified atom stereocenters. The van der Waals surface area contributed by atoms with Gasteiger partial charge in [0.25, 0.3) is 10.0 Å². The lowest BCUT2D eigenvalue weighted by atomic mass is 10.2. The van der Waals surface area contributed by atoms with Crippen LogP contribution in [0.2, 0.25) is 0 Å². The lowest BCUT2D eigenvalue weighted by molar-refractivity contribution is 0.342. The molecule has 0 amide bonds. The Labute approximate surface area is 173 Å². The van der Waals surface area contributed by atoms with Crippen molar-refractivity contribution in [3.05, 3.63) is 66.0 Å². The van der Waals surface area contributed by atoms with E-state index in [0.29, 0.717) is 28.8 Å². The van der Waals surface area contributed by atoms with Gasteiger partial charge in [0.15, 0.2) is 5.11 Å². The number of para-hydroxylation sites is 4. The molecule has 0 saturated heterocycles. The zero-order chi connectivity index (χ0) is 20.0. The highest BCUT2D eigenvalue weighted by molar-refractivity contribution is 7.94. The van der Waals surface area contributed by atoms with Gasteiger partial charge in [-0.05, 0) is 54.9 Å². The molecule has 1 heterocycles. The van der Waals surface area contributed by atoms with Crippen molar-refractivity contribution in [2.75, 3.05) is 22.0 Å². The lowest BCUT2D eigenvalue weighted by Gasteiger charge is -2.16. The highest BCUT2D eigenvalue weighted by Crippen LogP contribution is 2.27. The summed E-state index contributed by atoms with van der Waals surface area (Å²) in [7, 11) is -3.66. The van der Waals surface area contributed by atoms with Crippen LogP contribution < -0.4 is 20.1 Å². The zero-order valence-electron chi connectivity index (χ0n) is 15.0. The second-order valence-electron chi connectivity index (χ2n) is 5.59. The number of nitrogens with one attached hydrogen (secondary N) is 3. The monoisotopic (exact) mass is 433 g/mol. The number of sulfonamides is 1. The van der Waals surface area contributed by atoms with Gasteiger partial charge >= 0.3 is 0 Å². The van der Waals surface area contributed by atoms with Gasteiger partial charge in [-0.2, -0.15) is 0 Å². The third-order valence-electron chi connectivity index (χ3n) is 3.61. The Hall–Kier alpha value is -2.62. The van der Waals surface area contributed by atoms with E-state index >= 15 is 0 Å². The SMILES string of the molecule is CCOc1ccccc1NC(=S)Nc1ccccc1NS(=O)(=O)c1cccs1. The highest BCUT2D eigenvalue weighted by Gasteiger charge is 2.17. The molecule has 0 radical (unpaired) electrons. The highest BCUT2D eigenvalue weighted by atomic mass is 32.2. The molecular weight excluding hydrogens is 414 g/mol. The predicted octanol–water partition coefficient (Wildman–Crippen LogP) is 4.76. The fourth-order valence-electron chi connectivity index (χ4n) is 2.42. The van der Waals surface area contributed by atoms with E-state index in [4.69, 9.17) is 17.0 Å². The maximum atomic E-state index is 12.5. The van der Waals surface area contributed by atoms with Crippen LogP contribution in [0.5, 0.6) is 5.75 Å². The first-order valence-corrected chi connectivity index (χ1v) is 11.2. The van der Waals surface area contributed by atoms with Crippen molar-refractivity contribution in [3.63, 3.8) is 0 Å². The second-order valence-corrected chi connectivity index (χ2v) is 8.86. The largest absolute Gasteiger partial charge is 0.492 e. The van der Waals surface area contributed by atoms with Gasteiger partial charge in [-0.15, -0.1) is 11.3 Å². The Morgan fingerprint density at radius 1 is 0.964 bits per heavy atom. The summed E-state index contributed by atoms with van der Waals surface area (Å²) >= 11 is 6.54. The Kier molecular flexibility index (Phi) is 6.50. The van der Waals surface area contributed by atoms with Crippen LogP contribution in [0.3, 0.4) is 0 Å². The molecule has 3 rings (SSSR count). The summed E-state index contributed by atoms with van der Waals surface area (Å²) in [6.45, 7) is 2.44. The van der Waals surface area contributed by atoms with E-state index in [1.807, 2.05) is 31.2 Å². The average molecular weight is 434 g/mol. The normalized spacial score (nSPS) is 10.9. The van der Waals surface area contributed by atoms with E-state index in [0.717, 1.165) is 17.0 Å². The molecule has 3 N–H and O–H groups in total. The molecule has 1 aromatic heterocycles. The standard InChI is InChI=1S/C19H19N3O3S3/c1-2-25-17-11-6-5-10-16(17)21-19(26)20-14-8-3-4-9-15(14)22-28(23,24)18-12-7-13-27-18/h3-13,22H,2H2,1H3,(H2,20,21,26). The maximum Gasteiger partial charge on any atom is 0.271 e. The number of hydrogen-bond acceptors (Lipinski definition) is 5. The van der Waals surface area contributed by atoms with Crippen LogP contribution in [0.1, 0.15) is 6.92 Å². The first-order chi connectivity index (χ1) is 13.5. The summed E-state index contributed by atoms with van der Waals surface area (Å²) in [5.41, 5.74) is 1.66. The summed E-state index contributed by atoms with van der Waals surface area (Å²) in [5, 5.41) is 8.15. The van der Waals surface area contributed by atoms with E-state index in [1.165, 1.54) is 0 Å². The molecule has 0 aliphatic rings. The Balaban J connectivity index is 1.76. The van der Waals surface area contributed by atoms with Gasteiger partial charge in [0, 0.05) is 0 Å². The molecule has 2 aromatic carbocycles. The molecule has 6 nitrogen and oxygen atoms in total. The molecule has 0 atom stereocenters. The fraction of sp³-hybridized carbons (Fsp3) is 0.105. The summed E-state index contributed by atoms with van der Waals surface area (Å²) < 4.78 is 33.5. The van der Waals surface area contributed by atoms with E-state index in [9.17, 15) is 8.42 Å². The van der Waals surface area contributed by atoms with Crippen LogP contribution in [0.25, 0.3) is 0 Å². The maximum absolute atomic E-state index is 12.5. The lowest BCUT2D eigenvalue weighted by Crippen LogP contribution is -2.21. The van der Waals surface area contributed by atoms with E-state index in [1.54, 1.807) is 41.8 Å². The van der Waals surface area contributed by atoms with Gasteiger partial charge in [-0.1, -0.05) is 30.3 Å².